The minimum absolute atomic E-state index is 0. The molecule has 0 radical (unpaired) electrons. The zero-order chi connectivity index (χ0) is 14.8. The van der Waals surface area contributed by atoms with E-state index in [0.29, 0.717) is 0 Å². The van der Waals surface area contributed by atoms with Crippen molar-refractivity contribution in [3.05, 3.63) is 12.7 Å². The molecule has 0 aromatic carbocycles. The third kappa shape index (κ3) is 8.66. The summed E-state index contributed by atoms with van der Waals surface area (Å²) in [5, 5.41) is 3.38. The molecular formula is C16H33IN4. The highest BCUT2D eigenvalue weighted by molar-refractivity contribution is 14.0. The number of guanidine groups is 1. The normalized spacial score (nSPS) is 14.8. The smallest absolute Gasteiger partial charge is 0.193 e. The van der Waals surface area contributed by atoms with Crippen molar-refractivity contribution in [1.29, 1.82) is 0 Å². The zero-order valence-corrected chi connectivity index (χ0v) is 16.3. The molecular weight excluding hydrogens is 375 g/mol. The van der Waals surface area contributed by atoms with Gasteiger partial charge in [0.15, 0.2) is 5.96 Å². The molecule has 1 saturated carbocycles. The maximum absolute atomic E-state index is 4.75. The largest absolute Gasteiger partial charge is 0.357 e. The maximum Gasteiger partial charge on any atom is 0.193 e. The van der Waals surface area contributed by atoms with Crippen molar-refractivity contribution in [2.45, 2.75) is 45.6 Å². The molecule has 124 valence electrons. The predicted octanol–water partition coefficient (Wildman–Crippen LogP) is 2.95. The quantitative estimate of drug-likeness (QED) is 0.198. The molecule has 5 heteroatoms. The molecule has 0 amide bonds. The third-order valence-corrected chi connectivity index (χ3v) is 3.72. The van der Waals surface area contributed by atoms with Crippen molar-refractivity contribution in [3.8, 4) is 0 Å². The lowest BCUT2D eigenvalue weighted by molar-refractivity contribution is 0.285. The first-order chi connectivity index (χ1) is 9.72. The van der Waals surface area contributed by atoms with Gasteiger partial charge in [-0.1, -0.05) is 13.0 Å². The number of hydrogen-bond acceptors (Lipinski definition) is 2. The molecule has 1 aliphatic carbocycles. The number of nitrogens with one attached hydrogen (secondary N) is 1. The van der Waals surface area contributed by atoms with Gasteiger partial charge in [-0.2, -0.15) is 0 Å². The second-order valence-electron chi connectivity index (χ2n) is 5.45. The van der Waals surface area contributed by atoms with Crippen LogP contribution in [-0.4, -0.2) is 61.6 Å². The van der Waals surface area contributed by atoms with E-state index in [1.807, 2.05) is 6.08 Å². The van der Waals surface area contributed by atoms with Crippen LogP contribution in [0.4, 0.5) is 0 Å². The van der Waals surface area contributed by atoms with Crippen LogP contribution >= 0.6 is 24.0 Å². The SMILES string of the molecule is C=CCCCN(C)C(=NCCN(CC)C1CC1)NCC.I. The first kappa shape index (κ1) is 20.7. The molecule has 0 aromatic rings. The number of hydrogen-bond donors (Lipinski definition) is 1. The molecule has 0 heterocycles. The Morgan fingerprint density at radius 3 is 2.57 bits per heavy atom. The number of rotatable bonds is 10. The van der Waals surface area contributed by atoms with Crippen LogP contribution in [0, 0.1) is 0 Å². The fraction of sp³-hybridized carbons (Fsp3) is 0.812. The molecule has 0 unspecified atom stereocenters. The Kier molecular flexibility index (Phi) is 12.1. The Morgan fingerprint density at radius 1 is 1.33 bits per heavy atom. The van der Waals surface area contributed by atoms with Gasteiger partial charge in [0.1, 0.15) is 0 Å². The fourth-order valence-electron chi connectivity index (χ4n) is 2.37. The molecule has 0 atom stereocenters. The summed E-state index contributed by atoms with van der Waals surface area (Å²) in [7, 11) is 2.11. The summed E-state index contributed by atoms with van der Waals surface area (Å²) < 4.78 is 0. The minimum atomic E-state index is 0. The van der Waals surface area contributed by atoms with E-state index in [2.05, 4.69) is 42.6 Å². The van der Waals surface area contributed by atoms with Crippen LogP contribution in [0.25, 0.3) is 0 Å². The summed E-state index contributed by atoms with van der Waals surface area (Å²) in [5.41, 5.74) is 0. The molecule has 1 aliphatic rings. The average molecular weight is 408 g/mol. The van der Waals surface area contributed by atoms with Crippen molar-refractivity contribution in [2.75, 3.05) is 39.8 Å². The van der Waals surface area contributed by atoms with Gasteiger partial charge in [-0.25, -0.2) is 0 Å². The van der Waals surface area contributed by atoms with Crippen LogP contribution in [-0.2, 0) is 0 Å². The van der Waals surface area contributed by atoms with Crippen molar-refractivity contribution in [2.24, 2.45) is 4.99 Å². The van der Waals surface area contributed by atoms with E-state index in [9.17, 15) is 0 Å². The average Bonchev–Trinajstić information content (AvgIpc) is 3.27. The summed E-state index contributed by atoms with van der Waals surface area (Å²) in [6.07, 6.45) is 6.92. The number of nitrogens with zero attached hydrogens (tertiary/aromatic N) is 3. The highest BCUT2D eigenvalue weighted by atomic mass is 127. The van der Waals surface area contributed by atoms with Gasteiger partial charge in [0.2, 0.25) is 0 Å². The van der Waals surface area contributed by atoms with Gasteiger partial charge < -0.3 is 10.2 Å². The molecule has 1 fully saturated rings. The van der Waals surface area contributed by atoms with E-state index in [0.717, 1.165) is 57.6 Å². The Balaban J connectivity index is 0.00000400. The Hall–Kier alpha value is -0.300. The van der Waals surface area contributed by atoms with E-state index < -0.39 is 0 Å². The van der Waals surface area contributed by atoms with Crippen molar-refractivity contribution >= 4 is 29.9 Å². The Bertz CT molecular complexity index is 303. The van der Waals surface area contributed by atoms with Crippen molar-refractivity contribution in [3.63, 3.8) is 0 Å². The monoisotopic (exact) mass is 408 g/mol. The van der Waals surface area contributed by atoms with Gasteiger partial charge in [-0.05, 0) is 39.2 Å². The van der Waals surface area contributed by atoms with Crippen LogP contribution in [0.5, 0.6) is 0 Å². The summed E-state index contributed by atoms with van der Waals surface area (Å²) >= 11 is 0. The maximum atomic E-state index is 4.75. The van der Waals surface area contributed by atoms with E-state index in [-0.39, 0.29) is 24.0 Å². The van der Waals surface area contributed by atoms with E-state index in [4.69, 9.17) is 4.99 Å². The highest BCUT2D eigenvalue weighted by Crippen LogP contribution is 2.25. The number of halogens is 1. The molecule has 0 saturated heterocycles. The van der Waals surface area contributed by atoms with E-state index in [1.165, 1.54) is 12.8 Å². The molecule has 0 bridgehead atoms. The van der Waals surface area contributed by atoms with Crippen LogP contribution in [0.3, 0.4) is 0 Å². The minimum Gasteiger partial charge on any atom is -0.357 e. The second kappa shape index (κ2) is 12.3. The number of allylic oxidation sites excluding steroid dienone is 1. The summed E-state index contributed by atoms with van der Waals surface area (Å²) in [6.45, 7) is 13.2. The van der Waals surface area contributed by atoms with Crippen molar-refractivity contribution in [1.82, 2.24) is 15.1 Å². The van der Waals surface area contributed by atoms with Crippen LogP contribution in [0.2, 0.25) is 0 Å². The van der Waals surface area contributed by atoms with Gasteiger partial charge >= 0.3 is 0 Å². The van der Waals surface area contributed by atoms with Crippen LogP contribution < -0.4 is 5.32 Å². The van der Waals surface area contributed by atoms with Gasteiger partial charge in [0.25, 0.3) is 0 Å². The number of unbranched alkanes of at least 4 members (excludes halogenated alkanes) is 1. The summed E-state index contributed by atoms with van der Waals surface area (Å²) in [5.74, 6) is 1.03. The van der Waals surface area contributed by atoms with Gasteiger partial charge in [0, 0.05) is 32.7 Å². The third-order valence-electron chi connectivity index (χ3n) is 3.72. The molecule has 1 N–H and O–H groups in total. The van der Waals surface area contributed by atoms with Crippen molar-refractivity contribution < 1.29 is 0 Å². The number of aliphatic imine (C=N–C) groups is 1. The second-order valence-corrected chi connectivity index (χ2v) is 5.45. The highest BCUT2D eigenvalue weighted by Gasteiger charge is 2.27. The Morgan fingerprint density at radius 2 is 2.05 bits per heavy atom. The van der Waals surface area contributed by atoms with Gasteiger partial charge in [-0.3, -0.25) is 9.89 Å². The summed E-state index contributed by atoms with van der Waals surface area (Å²) in [6, 6.07) is 0.836. The predicted molar refractivity (Wildman–Crippen MR) is 104 cm³/mol. The lowest BCUT2D eigenvalue weighted by Crippen LogP contribution is -2.40. The van der Waals surface area contributed by atoms with Crippen LogP contribution in [0.15, 0.2) is 17.6 Å². The standard InChI is InChI=1S/C16H32N4.HI/c1-5-8-9-13-19(4)16(17-6-2)18-12-14-20(7-3)15-10-11-15;/h5,15H,1,6-14H2,2-4H3,(H,17,18);1H. The Labute approximate surface area is 148 Å². The topological polar surface area (TPSA) is 30.9 Å². The van der Waals surface area contributed by atoms with Gasteiger partial charge in [0.05, 0.1) is 6.54 Å². The first-order valence-electron chi connectivity index (χ1n) is 8.07. The summed E-state index contributed by atoms with van der Waals surface area (Å²) in [4.78, 5) is 9.52. The molecule has 1 rings (SSSR count). The molecule has 0 aliphatic heterocycles. The molecule has 0 spiro atoms. The first-order valence-corrected chi connectivity index (χ1v) is 8.07. The zero-order valence-electron chi connectivity index (χ0n) is 14.0. The molecule has 4 nitrogen and oxygen atoms in total. The lowest BCUT2D eigenvalue weighted by Gasteiger charge is -2.23. The van der Waals surface area contributed by atoms with Crippen LogP contribution in [0.1, 0.15) is 39.5 Å². The van der Waals surface area contributed by atoms with E-state index in [1.54, 1.807) is 0 Å². The lowest BCUT2D eigenvalue weighted by atomic mass is 10.3. The number of likely N-dealkylation sites (N-methyl/N-ethyl adjacent to an activating group) is 1. The fourth-order valence-corrected chi connectivity index (χ4v) is 2.37. The van der Waals surface area contributed by atoms with E-state index >= 15 is 0 Å². The molecule has 21 heavy (non-hydrogen) atoms. The van der Waals surface area contributed by atoms with Gasteiger partial charge in [-0.15, -0.1) is 30.6 Å². The molecule has 0 aromatic heterocycles.